The maximum absolute atomic E-state index is 10.3. The SMILES string of the molecule is Oc1cc(Cl)ccc1-c1nnc(N[C@@H]2CCCC[C@H]2O)c2c1CCCC2. The Labute approximate surface area is 158 Å². The van der Waals surface area contributed by atoms with Crippen molar-refractivity contribution in [3.8, 4) is 17.0 Å². The summed E-state index contributed by atoms with van der Waals surface area (Å²) in [5, 5.41) is 33.4. The molecule has 0 unspecified atom stereocenters. The lowest BCUT2D eigenvalue weighted by molar-refractivity contribution is 0.116. The van der Waals surface area contributed by atoms with Crippen molar-refractivity contribution in [2.75, 3.05) is 5.32 Å². The average Bonchev–Trinajstić information content (AvgIpc) is 2.64. The predicted molar refractivity (Wildman–Crippen MR) is 103 cm³/mol. The summed E-state index contributed by atoms with van der Waals surface area (Å²) >= 11 is 5.97. The van der Waals surface area contributed by atoms with Crippen LogP contribution in [0.1, 0.15) is 49.7 Å². The van der Waals surface area contributed by atoms with Gasteiger partial charge in [0.25, 0.3) is 0 Å². The molecule has 0 amide bonds. The Morgan fingerprint density at radius 3 is 2.54 bits per heavy atom. The van der Waals surface area contributed by atoms with Crippen molar-refractivity contribution in [1.82, 2.24) is 10.2 Å². The molecule has 0 radical (unpaired) electrons. The lowest BCUT2D eigenvalue weighted by Crippen LogP contribution is -2.37. The van der Waals surface area contributed by atoms with Crippen molar-refractivity contribution in [2.24, 2.45) is 0 Å². The second-order valence-corrected chi connectivity index (χ2v) is 7.76. The van der Waals surface area contributed by atoms with Gasteiger partial charge < -0.3 is 15.5 Å². The van der Waals surface area contributed by atoms with Gasteiger partial charge in [0, 0.05) is 16.1 Å². The number of hydrogen-bond acceptors (Lipinski definition) is 5. The van der Waals surface area contributed by atoms with Crippen LogP contribution in [-0.2, 0) is 12.8 Å². The first-order valence-corrected chi connectivity index (χ1v) is 9.83. The van der Waals surface area contributed by atoms with Gasteiger partial charge in [-0.3, -0.25) is 0 Å². The first kappa shape index (κ1) is 17.6. The minimum Gasteiger partial charge on any atom is -0.507 e. The molecule has 2 atom stereocenters. The molecule has 2 aliphatic carbocycles. The summed E-state index contributed by atoms with van der Waals surface area (Å²) in [5.41, 5.74) is 3.73. The number of hydrogen-bond donors (Lipinski definition) is 3. The zero-order chi connectivity index (χ0) is 18.1. The molecule has 5 nitrogen and oxygen atoms in total. The van der Waals surface area contributed by atoms with Gasteiger partial charge in [0.2, 0.25) is 0 Å². The maximum Gasteiger partial charge on any atom is 0.152 e. The minimum atomic E-state index is -0.329. The number of benzene rings is 1. The van der Waals surface area contributed by atoms with E-state index in [1.807, 2.05) is 0 Å². The van der Waals surface area contributed by atoms with E-state index in [2.05, 4.69) is 15.5 Å². The number of fused-ring (bicyclic) bond motifs is 1. The number of nitrogens with zero attached hydrogens (tertiary/aromatic N) is 2. The molecule has 6 heteroatoms. The second kappa shape index (κ2) is 7.41. The van der Waals surface area contributed by atoms with Gasteiger partial charge in [-0.1, -0.05) is 24.4 Å². The zero-order valence-corrected chi connectivity index (χ0v) is 15.5. The predicted octanol–water partition coefficient (Wildman–Crippen LogP) is 4.10. The normalized spacial score (nSPS) is 22.7. The Morgan fingerprint density at radius 2 is 1.77 bits per heavy atom. The second-order valence-electron chi connectivity index (χ2n) is 7.33. The number of phenolic OH excluding ortho intramolecular Hbond substituents is 1. The number of aromatic nitrogens is 2. The van der Waals surface area contributed by atoms with Gasteiger partial charge in [0.05, 0.1) is 12.1 Å². The standard InChI is InChI=1S/C20H24ClN3O2/c21-12-9-10-15(18(26)11-12)19-13-5-1-2-6-14(13)20(24-23-19)22-16-7-3-4-8-17(16)25/h9-11,16-17,25-26H,1-8H2,(H,22,24)/t16-,17-/m1/s1. The van der Waals surface area contributed by atoms with Crippen LogP contribution >= 0.6 is 11.6 Å². The summed E-state index contributed by atoms with van der Waals surface area (Å²) in [5.74, 6) is 0.922. The van der Waals surface area contributed by atoms with Crippen LogP contribution in [0, 0.1) is 0 Å². The summed E-state index contributed by atoms with van der Waals surface area (Å²) < 4.78 is 0. The highest BCUT2D eigenvalue weighted by molar-refractivity contribution is 6.30. The van der Waals surface area contributed by atoms with Crippen molar-refractivity contribution < 1.29 is 10.2 Å². The van der Waals surface area contributed by atoms with Crippen molar-refractivity contribution >= 4 is 17.4 Å². The largest absolute Gasteiger partial charge is 0.507 e. The van der Waals surface area contributed by atoms with Crippen LogP contribution in [0.4, 0.5) is 5.82 Å². The molecular weight excluding hydrogens is 350 g/mol. The van der Waals surface area contributed by atoms with E-state index in [9.17, 15) is 10.2 Å². The quantitative estimate of drug-likeness (QED) is 0.755. The first-order chi connectivity index (χ1) is 12.6. The van der Waals surface area contributed by atoms with E-state index >= 15 is 0 Å². The number of rotatable bonds is 3. The van der Waals surface area contributed by atoms with Gasteiger partial charge in [-0.05, 0) is 62.3 Å². The summed E-state index contributed by atoms with van der Waals surface area (Å²) in [4.78, 5) is 0. The number of nitrogens with one attached hydrogen (secondary N) is 1. The minimum absolute atomic E-state index is 0.0406. The molecule has 3 N–H and O–H groups in total. The summed E-state index contributed by atoms with van der Waals surface area (Å²) in [7, 11) is 0. The molecule has 0 bridgehead atoms. The molecule has 0 aliphatic heterocycles. The summed E-state index contributed by atoms with van der Waals surface area (Å²) in [6, 6.07) is 5.14. The van der Waals surface area contributed by atoms with Crippen LogP contribution in [0.15, 0.2) is 18.2 Å². The van der Waals surface area contributed by atoms with E-state index < -0.39 is 0 Å². The third-order valence-electron chi connectivity index (χ3n) is 5.56. The molecule has 2 aromatic rings. The lowest BCUT2D eigenvalue weighted by Gasteiger charge is -2.30. The average molecular weight is 374 g/mol. The third kappa shape index (κ3) is 3.38. The van der Waals surface area contributed by atoms with Crippen molar-refractivity contribution in [3.63, 3.8) is 0 Å². The fourth-order valence-electron chi connectivity index (χ4n) is 4.14. The molecule has 1 heterocycles. The van der Waals surface area contributed by atoms with Gasteiger partial charge in [-0.25, -0.2) is 0 Å². The Bertz CT molecular complexity index is 812. The molecule has 0 saturated heterocycles. The van der Waals surface area contributed by atoms with E-state index in [0.29, 0.717) is 10.6 Å². The summed E-state index contributed by atoms with van der Waals surface area (Å²) in [6.45, 7) is 0. The van der Waals surface area contributed by atoms with Crippen molar-refractivity contribution in [1.29, 1.82) is 0 Å². The van der Waals surface area contributed by atoms with E-state index in [1.165, 1.54) is 5.56 Å². The molecule has 1 saturated carbocycles. The number of aromatic hydroxyl groups is 1. The molecule has 2 aliphatic rings. The molecule has 1 aromatic heterocycles. The highest BCUT2D eigenvalue weighted by Crippen LogP contribution is 2.38. The highest BCUT2D eigenvalue weighted by atomic mass is 35.5. The number of phenols is 1. The smallest absolute Gasteiger partial charge is 0.152 e. The van der Waals surface area contributed by atoms with E-state index in [4.69, 9.17) is 11.6 Å². The van der Waals surface area contributed by atoms with Gasteiger partial charge >= 0.3 is 0 Å². The Morgan fingerprint density at radius 1 is 1.00 bits per heavy atom. The van der Waals surface area contributed by atoms with E-state index in [0.717, 1.165) is 68.4 Å². The van der Waals surface area contributed by atoms with Gasteiger partial charge in [0.1, 0.15) is 11.4 Å². The number of halogens is 1. The van der Waals surface area contributed by atoms with Crippen molar-refractivity contribution in [2.45, 2.75) is 63.5 Å². The lowest BCUT2D eigenvalue weighted by atomic mass is 9.88. The monoisotopic (exact) mass is 373 g/mol. The molecular formula is C20H24ClN3O2. The van der Waals surface area contributed by atoms with Crippen LogP contribution < -0.4 is 5.32 Å². The Hall–Kier alpha value is -1.85. The van der Waals surface area contributed by atoms with Crippen LogP contribution in [0.2, 0.25) is 5.02 Å². The topological polar surface area (TPSA) is 78.3 Å². The zero-order valence-electron chi connectivity index (χ0n) is 14.7. The first-order valence-electron chi connectivity index (χ1n) is 9.45. The molecule has 26 heavy (non-hydrogen) atoms. The molecule has 0 spiro atoms. The van der Waals surface area contributed by atoms with Crippen LogP contribution in [-0.4, -0.2) is 32.6 Å². The fourth-order valence-corrected chi connectivity index (χ4v) is 4.31. The number of aliphatic hydroxyl groups excluding tert-OH is 1. The van der Waals surface area contributed by atoms with E-state index in [1.54, 1.807) is 18.2 Å². The highest BCUT2D eigenvalue weighted by Gasteiger charge is 2.27. The van der Waals surface area contributed by atoms with Gasteiger partial charge in [-0.15, -0.1) is 10.2 Å². The Kier molecular flexibility index (Phi) is 5.00. The molecule has 138 valence electrons. The molecule has 1 aromatic carbocycles. The third-order valence-corrected chi connectivity index (χ3v) is 5.79. The van der Waals surface area contributed by atoms with Crippen LogP contribution in [0.5, 0.6) is 5.75 Å². The summed E-state index contributed by atoms with van der Waals surface area (Å²) in [6.07, 6.45) is 7.75. The van der Waals surface area contributed by atoms with Crippen LogP contribution in [0.3, 0.4) is 0 Å². The number of aliphatic hydroxyl groups is 1. The molecule has 4 rings (SSSR count). The fraction of sp³-hybridized carbons (Fsp3) is 0.500. The molecule has 1 fully saturated rings. The number of anilines is 1. The van der Waals surface area contributed by atoms with E-state index in [-0.39, 0.29) is 17.9 Å². The van der Waals surface area contributed by atoms with Crippen LogP contribution in [0.25, 0.3) is 11.3 Å². The van der Waals surface area contributed by atoms with Crippen molar-refractivity contribution in [3.05, 3.63) is 34.3 Å². The maximum atomic E-state index is 10.3. The Balaban J connectivity index is 1.72. The van der Waals surface area contributed by atoms with Gasteiger partial charge in [-0.2, -0.15) is 0 Å². The van der Waals surface area contributed by atoms with Gasteiger partial charge in [0.15, 0.2) is 5.82 Å².